The molecular weight excluding hydrogens is 321 g/mol. The van der Waals surface area contributed by atoms with E-state index in [-0.39, 0.29) is 29.1 Å². The molecule has 1 heterocycles. The molecule has 3 rings (SSSR count). The van der Waals surface area contributed by atoms with Crippen molar-refractivity contribution in [2.45, 2.75) is 31.4 Å². The van der Waals surface area contributed by atoms with Crippen LogP contribution in [-0.2, 0) is 15.7 Å². The first-order chi connectivity index (χ1) is 11.3. The molecular formula is C17H13F3N2O2. The predicted molar refractivity (Wildman–Crippen MR) is 78.0 cm³/mol. The first-order valence-corrected chi connectivity index (χ1v) is 7.43. The first kappa shape index (κ1) is 16.2. The molecule has 1 aliphatic heterocycles. The van der Waals surface area contributed by atoms with Gasteiger partial charge in [0.2, 0.25) is 5.90 Å². The Labute approximate surface area is 136 Å². The molecule has 0 saturated carbocycles. The van der Waals surface area contributed by atoms with Crippen molar-refractivity contribution in [3.63, 3.8) is 0 Å². The second kappa shape index (κ2) is 5.78. The normalized spacial score (nSPS) is 24.2. The molecule has 0 aromatic heterocycles. The van der Waals surface area contributed by atoms with E-state index in [0.29, 0.717) is 12.8 Å². The number of allylic oxidation sites excluding steroid dienone is 2. The molecule has 0 fully saturated rings. The lowest BCUT2D eigenvalue weighted by atomic mass is 9.73. The predicted octanol–water partition coefficient (Wildman–Crippen LogP) is 3.94. The fourth-order valence-electron chi connectivity index (χ4n) is 3.30. The number of nitriles is 1. The third kappa shape index (κ3) is 2.58. The Morgan fingerprint density at radius 3 is 2.62 bits per heavy atom. The van der Waals surface area contributed by atoms with Crippen molar-refractivity contribution in [3.05, 3.63) is 46.7 Å². The molecule has 1 aromatic carbocycles. The number of alkyl halides is 3. The number of carbonyl (C=O) groups excluding carboxylic acids is 1. The molecule has 0 spiro atoms. The van der Waals surface area contributed by atoms with Crippen molar-refractivity contribution in [1.82, 2.24) is 0 Å². The van der Waals surface area contributed by atoms with E-state index in [0.717, 1.165) is 6.07 Å². The molecule has 7 heteroatoms. The summed E-state index contributed by atoms with van der Waals surface area (Å²) >= 11 is 0. The van der Waals surface area contributed by atoms with Crippen LogP contribution in [0, 0.1) is 22.7 Å². The highest BCUT2D eigenvalue weighted by Crippen LogP contribution is 2.46. The van der Waals surface area contributed by atoms with E-state index >= 15 is 0 Å². The standard InChI is InChI=1S/C17H13F3N2O2/c18-17(19,20)11-5-2-1-4-9(11)14-10(8-21)16(22)24-13-7-3-6-12(23)15(13)14/h1-2,4-5,10,14,22H,3,6-7H2. The molecule has 1 aromatic rings. The largest absolute Gasteiger partial charge is 0.446 e. The minimum atomic E-state index is -4.62. The fraction of sp³-hybridized carbons (Fsp3) is 0.353. The highest BCUT2D eigenvalue weighted by Gasteiger charge is 2.46. The smallest absolute Gasteiger partial charge is 0.416 e. The molecule has 1 aliphatic carbocycles. The second-order valence-electron chi connectivity index (χ2n) is 5.75. The number of hydrogen-bond donors (Lipinski definition) is 1. The zero-order valence-electron chi connectivity index (χ0n) is 12.5. The van der Waals surface area contributed by atoms with Crippen LogP contribution in [0.1, 0.15) is 36.3 Å². The number of nitrogens with one attached hydrogen (secondary N) is 1. The molecule has 124 valence electrons. The van der Waals surface area contributed by atoms with Crippen molar-refractivity contribution in [1.29, 1.82) is 10.7 Å². The Bertz CT molecular complexity index is 790. The highest BCUT2D eigenvalue weighted by atomic mass is 19.4. The van der Waals surface area contributed by atoms with Crippen molar-refractivity contribution in [2.24, 2.45) is 5.92 Å². The highest BCUT2D eigenvalue weighted by molar-refractivity contribution is 6.01. The number of halogens is 3. The van der Waals surface area contributed by atoms with E-state index in [2.05, 4.69) is 0 Å². The van der Waals surface area contributed by atoms with Gasteiger partial charge in [-0.25, -0.2) is 0 Å². The van der Waals surface area contributed by atoms with Crippen LogP contribution in [-0.4, -0.2) is 11.7 Å². The van der Waals surface area contributed by atoms with Gasteiger partial charge < -0.3 is 4.74 Å². The zero-order chi connectivity index (χ0) is 17.5. The summed E-state index contributed by atoms with van der Waals surface area (Å²) in [4.78, 5) is 12.3. The van der Waals surface area contributed by atoms with Gasteiger partial charge in [-0.15, -0.1) is 0 Å². The van der Waals surface area contributed by atoms with Crippen molar-refractivity contribution in [3.8, 4) is 6.07 Å². The Morgan fingerprint density at radius 2 is 1.96 bits per heavy atom. The first-order valence-electron chi connectivity index (χ1n) is 7.43. The van der Waals surface area contributed by atoms with Crippen molar-refractivity contribution >= 4 is 11.7 Å². The number of ketones is 1. The summed E-state index contributed by atoms with van der Waals surface area (Å²) in [5, 5.41) is 17.2. The quantitative estimate of drug-likeness (QED) is 0.845. The molecule has 0 amide bonds. The lowest BCUT2D eigenvalue weighted by Crippen LogP contribution is -2.35. The molecule has 0 radical (unpaired) electrons. The summed E-state index contributed by atoms with van der Waals surface area (Å²) in [7, 11) is 0. The number of hydrogen-bond acceptors (Lipinski definition) is 4. The summed E-state index contributed by atoms with van der Waals surface area (Å²) in [6.45, 7) is 0. The number of benzene rings is 1. The van der Waals surface area contributed by atoms with Gasteiger partial charge in [-0.1, -0.05) is 18.2 Å². The Kier molecular flexibility index (Phi) is 3.91. The van der Waals surface area contributed by atoms with E-state index in [1.54, 1.807) is 0 Å². The van der Waals surface area contributed by atoms with E-state index in [4.69, 9.17) is 10.1 Å². The lowest BCUT2D eigenvalue weighted by molar-refractivity contribution is -0.138. The van der Waals surface area contributed by atoms with E-state index < -0.39 is 29.5 Å². The average molecular weight is 334 g/mol. The van der Waals surface area contributed by atoms with Crippen LogP contribution >= 0.6 is 0 Å². The molecule has 4 nitrogen and oxygen atoms in total. The summed E-state index contributed by atoms with van der Waals surface area (Å²) in [6.07, 6.45) is -3.50. The van der Waals surface area contributed by atoms with Crippen molar-refractivity contribution < 1.29 is 22.7 Å². The monoisotopic (exact) mass is 334 g/mol. The van der Waals surface area contributed by atoms with E-state index in [9.17, 15) is 23.2 Å². The van der Waals surface area contributed by atoms with Crippen LogP contribution in [0.2, 0.25) is 0 Å². The van der Waals surface area contributed by atoms with Gasteiger partial charge in [-0.05, 0) is 18.1 Å². The number of nitrogens with zero attached hydrogens (tertiary/aromatic N) is 1. The van der Waals surface area contributed by atoms with Crippen LogP contribution < -0.4 is 0 Å². The van der Waals surface area contributed by atoms with Gasteiger partial charge in [0.1, 0.15) is 11.7 Å². The van der Waals surface area contributed by atoms with Crippen LogP contribution in [0.3, 0.4) is 0 Å². The van der Waals surface area contributed by atoms with Crippen LogP contribution in [0.4, 0.5) is 13.2 Å². The van der Waals surface area contributed by atoms with Gasteiger partial charge >= 0.3 is 6.18 Å². The maximum absolute atomic E-state index is 13.4. The SMILES string of the molecule is N#CC1C(=N)OC2=C(C(=O)CCC2)C1c1ccccc1C(F)(F)F. The summed E-state index contributed by atoms with van der Waals surface area (Å²) in [5.74, 6) is -2.88. The fourth-order valence-corrected chi connectivity index (χ4v) is 3.30. The summed E-state index contributed by atoms with van der Waals surface area (Å²) < 4.78 is 45.4. The Hall–Kier alpha value is -2.62. The minimum Gasteiger partial charge on any atom is -0.446 e. The Balaban J connectivity index is 2.25. The third-order valence-corrected chi connectivity index (χ3v) is 4.31. The summed E-state index contributed by atoms with van der Waals surface area (Å²) in [5.41, 5.74) is -0.942. The number of ether oxygens (including phenoxy) is 1. The molecule has 2 atom stereocenters. The topological polar surface area (TPSA) is 73.9 Å². The van der Waals surface area contributed by atoms with Crippen LogP contribution in [0.5, 0.6) is 0 Å². The molecule has 1 N–H and O–H groups in total. The Morgan fingerprint density at radius 1 is 1.25 bits per heavy atom. The number of Topliss-reactive ketones (excluding diaryl/α,β-unsaturated/α-hetero) is 1. The number of carbonyl (C=O) groups is 1. The lowest BCUT2D eigenvalue weighted by Gasteiger charge is -2.35. The van der Waals surface area contributed by atoms with Crippen LogP contribution in [0.25, 0.3) is 0 Å². The molecule has 2 aliphatic rings. The molecule has 0 saturated heterocycles. The molecule has 0 bridgehead atoms. The zero-order valence-corrected chi connectivity index (χ0v) is 12.5. The van der Waals surface area contributed by atoms with Gasteiger partial charge in [-0.2, -0.15) is 18.4 Å². The third-order valence-electron chi connectivity index (χ3n) is 4.31. The van der Waals surface area contributed by atoms with E-state index in [1.807, 2.05) is 6.07 Å². The molecule has 2 unspecified atom stereocenters. The minimum absolute atomic E-state index is 0.112. The average Bonchev–Trinajstić information content (AvgIpc) is 2.53. The molecule has 24 heavy (non-hydrogen) atoms. The van der Waals surface area contributed by atoms with Gasteiger partial charge in [0.15, 0.2) is 5.78 Å². The second-order valence-corrected chi connectivity index (χ2v) is 5.75. The van der Waals surface area contributed by atoms with Gasteiger partial charge in [-0.3, -0.25) is 10.2 Å². The van der Waals surface area contributed by atoms with E-state index in [1.165, 1.54) is 18.2 Å². The summed E-state index contributed by atoms with van der Waals surface area (Å²) in [6, 6.07) is 6.72. The van der Waals surface area contributed by atoms with Gasteiger partial charge in [0.05, 0.1) is 11.6 Å². The van der Waals surface area contributed by atoms with Gasteiger partial charge in [0, 0.05) is 24.3 Å². The van der Waals surface area contributed by atoms with Crippen LogP contribution in [0.15, 0.2) is 35.6 Å². The van der Waals surface area contributed by atoms with Crippen molar-refractivity contribution in [2.75, 3.05) is 0 Å². The van der Waals surface area contributed by atoms with Gasteiger partial charge in [0.25, 0.3) is 0 Å². The maximum Gasteiger partial charge on any atom is 0.416 e. The number of rotatable bonds is 1. The maximum atomic E-state index is 13.4.